The van der Waals surface area contributed by atoms with Crippen LogP contribution in [-0.2, 0) is 9.47 Å². The summed E-state index contributed by atoms with van der Waals surface area (Å²) < 4.78 is 9.63. The van der Waals surface area contributed by atoms with Crippen molar-refractivity contribution in [2.45, 2.75) is 12.1 Å². The molecule has 0 aromatic rings. The summed E-state index contributed by atoms with van der Waals surface area (Å²) in [5.74, 6) is 0. The van der Waals surface area contributed by atoms with Crippen molar-refractivity contribution in [3.05, 3.63) is 6.92 Å². The van der Waals surface area contributed by atoms with Crippen LogP contribution in [0.25, 0.3) is 0 Å². The van der Waals surface area contributed by atoms with Gasteiger partial charge in [0, 0.05) is 14.2 Å². The summed E-state index contributed by atoms with van der Waals surface area (Å²) in [7, 11) is 3.18. The van der Waals surface area contributed by atoms with Crippen molar-refractivity contribution >= 4 is 0 Å². The van der Waals surface area contributed by atoms with Gasteiger partial charge in [-0.3, -0.25) is 0 Å². The smallest absolute Gasteiger partial charge is 0.0745 e. The quantitative estimate of drug-likeness (QED) is 0.576. The third-order valence-electron chi connectivity index (χ3n) is 1.14. The van der Waals surface area contributed by atoms with E-state index in [1.807, 2.05) is 0 Å². The second kappa shape index (κ2) is 4.73. The molecule has 0 aliphatic carbocycles. The Morgan fingerprint density at radius 2 is 2.11 bits per heavy atom. The third-order valence-corrected chi connectivity index (χ3v) is 1.14. The molecule has 0 aromatic heterocycles. The van der Waals surface area contributed by atoms with Crippen LogP contribution in [0.15, 0.2) is 0 Å². The average molecular weight is 132 g/mol. The van der Waals surface area contributed by atoms with Crippen LogP contribution in [0.3, 0.4) is 0 Å². The van der Waals surface area contributed by atoms with Crippen LogP contribution in [0.2, 0.25) is 0 Å². The Morgan fingerprint density at radius 3 is 2.44 bits per heavy atom. The van der Waals surface area contributed by atoms with Gasteiger partial charge in [0.1, 0.15) is 0 Å². The highest BCUT2D eigenvalue weighted by Gasteiger charge is 2.09. The summed E-state index contributed by atoms with van der Waals surface area (Å²) in [5, 5.41) is 0. The average Bonchev–Trinajstić information content (AvgIpc) is 1.87. The molecule has 3 heteroatoms. The number of rotatable bonds is 4. The maximum absolute atomic E-state index is 5.53. The highest BCUT2D eigenvalue weighted by Crippen LogP contribution is 1.92. The first-order valence-corrected chi connectivity index (χ1v) is 2.82. The molecule has 9 heavy (non-hydrogen) atoms. The topological polar surface area (TPSA) is 44.5 Å². The van der Waals surface area contributed by atoms with E-state index in [4.69, 9.17) is 15.2 Å². The Labute approximate surface area is 56.1 Å². The molecule has 0 saturated carbocycles. The Morgan fingerprint density at radius 1 is 1.56 bits per heavy atom. The summed E-state index contributed by atoms with van der Waals surface area (Å²) in [5.41, 5.74) is 5.53. The molecule has 2 unspecified atom stereocenters. The standard InChI is InChI=1S/C6H14NO2/c1-5(9-3)6(7)4-8-2/h5-6H,1,4,7H2,2-3H3. The molecule has 0 rings (SSSR count). The van der Waals surface area contributed by atoms with Gasteiger partial charge in [0.25, 0.3) is 0 Å². The molecule has 3 nitrogen and oxygen atoms in total. The van der Waals surface area contributed by atoms with Gasteiger partial charge in [0.15, 0.2) is 0 Å². The van der Waals surface area contributed by atoms with Crippen molar-refractivity contribution in [2.24, 2.45) is 5.73 Å². The van der Waals surface area contributed by atoms with E-state index in [0.29, 0.717) is 6.61 Å². The highest BCUT2D eigenvalue weighted by molar-refractivity contribution is 4.73. The van der Waals surface area contributed by atoms with Gasteiger partial charge in [-0.15, -0.1) is 0 Å². The molecule has 1 radical (unpaired) electrons. The molecule has 0 saturated heterocycles. The zero-order valence-electron chi connectivity index (χ0n) is 5.96. The molecule has 0 aliphatic rings. The highest BCUT2D eigenvalue weighted by atomic mass is 16.5. The molecular formula is C6H14NO2. The van der Waals surface area contributed by atoms with Gasteiger partial charge >= 0.3 is 0 Å². The molecule has 0 heterocycles. The van der Waals surface area contributed by atoms with Crippen LogP contribution in [0.5, 0.6) is 0 Å². The second-order valence-corrected chi connectivity index (χ2v) is 1.89. The number of ether oxygens (including phenoxy) is 2. The molecule has 0 spiro atoms. The minimum Gasteiger partial charge on any atom is -0.383 e. The van der Waals surface area contributed by atoms with Crippen molar-refractivity contribution in [3.8, 4) is 0 Å². The number of hydrogen-bond acceptors (Lipinski definition) is 3. The molecule has 0 aliphatic heterocycles. The van der Waals surface area contributed by atoms with Crippen LogP contribution in [-0.4, -0.2) is 33.0 Å². The van der Waals surface area contributed by atoms with E-state index in [-0.39, 0.29) is 12.1 Å². The van der Waals surface area contributed by atoms with E-state index in [2.05, 4.69) is 6.92 Å². The van der Waals surface area contributed by atoms with Crippen molar-refractivity contribution < 1.29 is 9.47 Å². The molecule has 0 bridgehead atoms. The van der Waals surface area contributed by atoms with Crippen LogP contribution >= 0.6 is 0 Å². The van der Waals surface area contributed by atoms with E-state index in [0.717, 1.165) is 0 Å². The fourth-order valence-corrected chi connectivity index (χ4v) is 0.475. The van der Waals surface area contributed by atoms with Crippen molar-refractivity contribution in [1.82, 2.24) is 0 Å². The zero-order chi connectivity index (χ0) is 7.28. The van der Waals surface area contributed by atoms with Crippen molar-refractivity contribution in [2.75, 3.05) is 20.8 Å². The number of hydrogen-bond donors (Lipinski definition) is 1. The predicted molar refractivity (Wildman–Crippen MR) is 36.0 cm³/mol. The molecule has 0 aromatic carbocycles. The first-order chi connectivity index (χ1) is 4.22. The van der Waals surface area contributed by atoms with Gasteiger partial charge < -0.3 is 15.2 Å². The van der Waals surface area contributed by atoms with E-state index >= 15 is 0 Å². The first kappa shape index (κ1) is 8.88. The first-order valence-electron chi connectivity index (χ1n) is 2.82. The fraction of sp³-hybridized carbons (Fsp3) is 0.833. The Kier molecular flexibility index (Phi) is 4.67. The number of methoxy groups -OCH3 is 2. The van der Waals surface area contributed by atoms with Gasteiger partial charge in [-0.1, -0.05) is 0 Å². The van der Waals surface area contributed by atoms with Crippen LogP contribution in [0.1, 0.15) is 0 Å². The van der Waals surface area contributed by atoms with E-state index in [1.54, 1.807) is 14.2 Å². The molecule has 0 amide bonds. The normalized spacial score (nSPS) is 17.3. The van der Waals surface area contributed by atoms with Gasteiger partial charge in [0.2, 0.25) is 0 Å². The Hall–Kier alpha value is -0.120. The largest absolute Gasteiger partial charge is 0.383 e. The summed E-state index contributed by atoms with van der Waals surface area (Å²) in [6, 6.07) is -0.125. The maximum atomic E-state index is 5.53. The zero-order valence-corrected chi connectivity index (χ0v) is 5.96. The number of nitrogens with two attached hydrogens (primary N) is 1. The summed E-state index contributed by atoms with van der Waals surface area (Å²) in [6.07, 6.45) is -0.176. The lowest BCUT2D eigenvalue weighted by atomic mass is 10.2. The maximum Gasteiger partial charge on any atom is 0.0745 e. The fourth-order valence-electron chi connectivity index (χ4n) is 0.475. The lowest BCUT2D eigenvalue weighted by Crippen LogP contribution is -2.37. The van der Waals surface area contributed by atoms with E-state index in [9.17, 15) is 0 Å². The van der Waals surface area contributed by atoms with Gasteiger partial charge in [0.05, 0.1) is 18.8 Å². The predicted octanol–water partition coefficient (Wildman–Crippen LogP) is -0.191. The lowest BCUT2D eigenvalue weighted by Gasteiger charge is -2.16. The van der Waals surface area contributed by atoms with Crippen molar-refractivity contribution in [1.29, 1.82) is 0 Å². The molecule has 0 fully saturated rings. The molecule has 2 atom stereocenters. The Bertz CT molecular complexity index is 68.1. The second-order valence-electron chi connectivity index (χ2n) is 1.89. The minimum absolute atomic E-state index is 0.125. The minimum atomic E-state index is -0.176. The van der Waals surface area contributed by atoms with Crippen molar-refractivity contribution in [3.63, 3.8) is 0 Å². The van der Waals surface area contributed by atoms with Crippen LogP contribution in [0, 0.1) is 6.92 Å². The van der Waals surface area contributed by atoms with Crippen LogP contribution in [0.4, 0.5) is 0 Å². The molecule has 2 N–H and O–H groups in total. The summed E-state index contributed by atoms with van der Waals surface area (Å²) in [6.45, 7) is 4.14. The van der Waals surface area contributed by atoms with Gasteiger partial charge in [-0.2, -0.15) is 0 Å². The lowest BCUT2D eigenvalue weighted by molar-refractivity contribution is 0.0754. The summed E-state index contributed by atoms with van der Waals surface area (Å²) in [4.78, 5) is 0. The Balaban J connectivity index is 3.32. The van der Waals surface area contributed by atoms with Gasteiger partial charge in [-0.25, -0.2) is 0 Å². The molecule has 55 valence electrons. The van der Waals surface area contributed by atoms with Gasteiger partial charge in [-0.05, 0) is 6.92 Å². The van der Waals surface area contributed by atoms with E-state index < -0.39 is 0 Å². The van der Waals surface area contributed by atoms with E-state index in [1.165, 1.54) is 0 Å². The SMILES string of the molecule is [CH2]C(OC)C(N)COC. The summed E-state index contributed by atoms with van der Waals surface area (Å²) >= 11 is 0. The van der Waals surface area contributed by atoms with Crippen LogP contribution < -0.4 is 5.73 Å². The molecular weight excluding hydrogens is 118 g/mol. The monoisotopic (exact) mass is 132 g/mol. The third kappa shape index (κ3) is 3.46.